The van der Waals surface area contributed by atoms with Crippen LogP contribution in [0.4, 0.5) is 0 Å². The van der Waals surface area contributed by atoms with Gasteiger partial charge in [0.25, 0.3) is 0 Å². The summed E-state index contributed by atoms with van der Waals surface area (Å²) in [6, 6.07) is 0. The van der Waals surface area contributed by atoms with E-state index in [0.29, 0.717) is 6.42 Å². The van der Waals surface area contributed by atoms with Crippen LogP contribution in [0.5, 0.6) is 0 Å². The van der Waals surface area contributed by atoms with Crippen molar-refractivity contribution >= 4 is 11.9 Å². The molecular weight excluding hydrogens is 254 g/mol. The van der Waals surface area contributed by atoms with Gasteiger partial charge in [-0.1, -0.05) is 39.0 Å². The summed E-state index contributed by atoms with van der Waals surface area (Å²) in [6.07, 6.45) is 4.73. The first kappa shape index (κ1) is 17.5. The molecule has 0 fully saturated rings. The number of carboxylic acids is 1. The second kappa shape index (κ2) is 9.43. The predicted octanol–water partition coefficient (Wildman–Crippen LogP) is 2.17. The Morgan fingerprint density at radius 1 is 1.16 bits per heavy atom. The summed E-state index contributed by atoms with van der Waals surface area (Å²) < 4.78 is 0. The fraction of sp³-hybridized carbons (Fsp3) is 0.833. The lowest BCUT2D eigenvalue weighted by atomic mass is 9.92. The summed E-state index contributed by atoms with van der Waals surface area (Å²) in [5.41, 5.74) is -2.19. The van der Waals surface area contributed by atoms with Crippen molar-refractivity contribution in [3.63, 3.8) is 0 Å². The zero-order valence-electron chi connectivity index (χ0n) is 11.1. The highest BCUT2D eigenvalue weighted by Gasteiger charge is 2.38. The number of carbonyl (C=O) groups is 2. The van der Waals surface area contributed by atoms with E-state index in [9.17, 15) is 19.6 Å². The molecule has 0 aliphatic heterocycles. The molecule has 0 aliphatic carbocycles. The molecule has 0 amide bonds. The number of carboxylic acid groups (broad SMARTS) is 1. The third kappa shape index (κ3) is 7.50. The lowest BCUT2D eigenvalue weighted by molar-refractivity contribution is -0.168. The standard InChI is InChI=1S/C12H21NO6/c1-2-3-4-5-6-7-8-12(17,11(15)16)9-10(14)19-13-18/h17H,2-9H2,1H3,(H,15,16). The smallest absolute Gasteiger partial charge is 0.342 e. The van der Waals surface area contributed by atoms with E-state index >= 15 is 0 Å². The minimum atomic E-state index is -2.19. The molecular formula is C12H21NO6. The number of hydrogen-bond donors (Lipinski definition) is 2. The normalized spacial score (nSPS) is 13.6. The summed E-state index contributed by atoms with van der Waals surface area (Å²) >= 11 is 0. The van der Waals surface area contributed by atoms with E-state index in [1.165, 1.54) is 0 Å². The quantitative estimate of drug-likeness (QED) is 0.339. The molecule has 110 valence electrons. The van der Waals surface area contributed by atoms with E-state index < -0.39 is 24.0 Å². The summed E-state index contributed by atoms with van der Waals surface area (Å²) in [5.74, 6) is -2.64. The van der Waals surface area contributed by atoms with E-state index in [2.05, 4.69) is 11.8 Å². The summed E-state index contributed by atoms with van der Waals surface area (Å²) in [5, 5.41) is 20.7. The Labute approximate surface area is 111 Å². The van der Waals surface area contributed by atoms with Gasteiger partial charge in [-0.05, 0) is 12.8 Å². The van der Waals surface area contributed by atoms with E-state index in [0.717, 1.165) is 32.1 Å². The Hall–Kier alpha value is -1.50. The number of nitrogens with zero attached hydrogens (tertiary/aromatic N) is 1. The van der Waals surface area contributed by atoms with E-state index in [1.54, 1.807) is 0 Å². The van der Waals surface area contributed by atoms with E-state index in [4.69, 9.17) is 5.11 Å². The molecule has 0 aromatic heterocycles. The van der Waals surface area contributed by atoms with Crippen molar-refractivity contribution in [1.29, 1.82) is 0 Å². The van der Waals surface area contributed by atoms with Gasteiger partial charge in [0.2, 0.25) is 0 Å². The third-order valence-electron chi connectivity index (χ3n) is 2.92. The van der Waals surface area contributed by atoms with Crippen molar-refractivity contribution in [2.24, 2.45) is 5.34 Å². The number of aliphatic hydroxyl groups is 1. The lowest BCUT2D eigenvalue weighted by Gasteiger charge is -2.21. The van der Waals surface area contributed by atoms with Crippen LogP contribution in [0, 0.1) is 4.91 Å². The maximum Gasteiger partial charge on any atom is 0.342 e. The average Bonchev–Trinajstić information content (AvgIpc) is 2.33. The third-order valence-corrected chi connectivity index (χ3v) is 2.92. The molecule has 2 N–H and O–H groups in total. The number of hydrogen-bond acceptors (Lipinski definition) is 6. The monoisotopic (exact) mass is 275 g/mol. The molecule has 0 radical (unpaired) electrons. The molecule has 19 heavy (non-hydrogen) atoms. The van der Waals surface area contributed by atoms with Gasteiger partial charge in [-0.3, -0.25) is 4.84 Å². The summed E-state index contributed by atoms with van der Waals surface area (Å²) in [7, 11) is 0. The van der Waals surface area contributed by atoms with Crippen LogP contribution >= 0.6 is 0 Å². The Morgan fingerprint density at radius 2 is 1.74 bits per heavy atom. The first-order chi connectivity index (χ1) is 8.96. The van der Waals surface area contributed by atoms with Gasteiger partial charge < -0.3 is 10.2 Å². The fourth-order valence-corrected chi connectivity index (χ4v) is 1.78. The molecule has 0 heterocycles. The highest BCUT2D eigenvalue weighted by molar-refractivity contribution is 5.84. The van der Waals surface area contributed by atoms with Crippen LogP contribution in [-0.4, -0.2) is 27.8 Å². The van der Waals surface area contributed by atoms with Crippen LogP contribution in [0.3, 0.4) is 0 Å². The zero-order valence-corrected chi connectivity index (χ0v) is 11.1. The van der Waals surface area contributed by atoms with Crippen molar-refractivity contribution in [3.05, 3.63) is 4.91 Å². The van der Waals surface area contributed by atoms with Crippen LogP contribution in [0.15, 0.2) is 5.34 Å². The second-order valence-corrected chi connectivity index (χ2v) is 4.57. The zero-order chi connectivity index (χ0) is 14.7. The maximum absolute atomic E-state index is 11.0. The fourth-order valence-electron chi connectivity index (χ4n) is 1.78. The van der Waals surface area contributed by atoms with Gasteiger partial charge in [-0.15, -0.1) is 4.91 Å². The van der Waals surface area contributed by atoms with Crippen molar-refractivity contribution < 1.29 is 24.6 Å². The maximum atomic E-state index is 11.0. The lowest BCUT2D eigenvalue weighted by Crippen LogP contribution is -2.40. The van der Waals surface area contributed by atoms with Crippen LogP contribution in [-0.2, 0) is 14.4 Å². The van der Waals surface area contributed by atoms with Crippen molar-refractivity contribution in [2.45, 2.75) is 63.9 Å². The van der Waals surface area contributed by atoms with Crippen LogP contribution in [0.1, 0.15) is 58.3 Å². The molecule has 0 aromatic carbocycles. The molecule has 7 nitrogen and oxygen atoms in total. The van der Waals surface area contributed by atoms with Gasteiger partial charge in [0.05, 0.1) is 6.42 Å². The van der Waals surface area contributed by atoms with E-state index in [1.807, 2.05) is 5.34 Å². The highest BCUT2D eigenvalue weighted by atomic mass is 16.7. The summed E-state index contributed by atoms with van der Waals surface area (Å²) in [4.78, 5) is 35.4. The number of unbranched alkanes of at least 4 members (excludes halogenated alkanes) is 5. The highest BCUT2D eigenvalue weighted by Crippen LogP contribution is 2.21. The minimum Gasteiger partial charge on any atom is -0.479 e. The van der Waals surface area contributed by atoms with Gasteiger partial charge >= 0.3 is 11.9 Å². The molecule has 7 heteroatoms. The van der Waals surface area contributed by atoms with Gasteiger partial charge in [0, 0.05) is 0 Å². The van der Waals surface area contributed by atoms with Crippen LogP contribution < -0.4 is 0 Å². The van der Waals surface area contributed by atoms with Crippen molar-refractivity contribution in [3.8, 4) is 0 Å². The van der Waals surface area contributed by atoms with Gasteiger partial charge in [-0.25, -0.2) is 9.59 Å². The van der Waals surface area contributed by atoms with E-state index in [-0.39, 0.29) is 6.42 Å². The van der Waals surface area contributed by atoms with Crippen LogP contribution in [0.2, 0.25) is 0 Å². The van der Waals surface area contributed by atoms with Gasteiger partial charge in [-0.2, -0.15) is 0 Å². The molecule has 0 saturated heterocycles. The number of aliphatic carboxylic acids is 1. The van der Waals surface area contributed by atoms with Gasteiger partial charge in [0.1, 0.15) is 0 Å². The Morgan fingerprint density at radius 3 is 2.26 bits per heavy atom. The molecule has 0 bridgehead atoms. The average molecular weight is 275 g/mol. The Bertz CT molecular complexity index is 307. The molecule has 0 saturated carbocycles. The first-order valence-corrected chi connectivity index (χ1v) is 6.44. The van der Waals surface area contributed by atoms with Crippen LogP contribution in [0.25, 0.3) is 0 Å². The number of carbonyl (C=O) groups excluding carboxylic acids is 1. The SMILES string of the molecule is CCCCCCCCC(O)(CC(=O)ON=O)C(=O)O. The molecule has 0 aliphatic rings. The topological polar surface area (TPSA) is 113 Å². The molecule has 1 unspecified atom stereocenters. The van der Waals surface area contributed by atoms with Crippen molar-refractivity contribution in [1.82, 2.24) is 0 Å². The predicted molar refractivity (Wildman–Crippen MR) is 67.1 cm³/mol. The minimum absolute atomic E-state index is 0.0532. The molecule has 0 aromatic rings. The molecule has 1 atom stereocenters. The molecule has 0 spiro atoms. The largest absolute Gasteiger partial charge is 0.479 e. The van der Waals surface area contributed by atoms with Gasteiger partial charge in [0.15, 0.2) is 10.9 Å². The molecule has 0 rings (SSSR count). The second-order valence-electron chi connectivity index (χ2n) is 4.57. The Balaban J connectivity index is 4.13. The first-order valence-electron chi connectivity index (χ1n) is 6.44. The summed E-state index contributed by atoms with van der Waals surface area (Å²) in [6.45, 7) is 2.09. The Kier molecular flexibility index (Phi) is 8.69. The van der Waals surface area contributed by atoms with Crippen molar-refractivity contribution in [2.75, 3.05) is 0 Å². The number of rotatable bonds is 11.